The third-order valence-corrected chi connectivity index (χ3v) is 4.89. The van der Waals surface area contributed by atoms with Gasteiger partial charge in [-0.25, -0.2) is 4.79 Å². The van der Waals surface area contributed by atoms with Crippen molar-refractivity contribution in [3.63, 3.8) is 0 Å². The molecule has 142 valence electrons. The first kappa shape index (κ1) is 17.8. The molecule has 1 saturated heterocycles. The summed E-state index contributed by atoms with van der Waals surface area (Å²) in [6.45, 7) is 3.69. The van der Waals surface area contributed by atoms with Crippen molar-refractivity contribution in [3.8, 4) is 0 Å². The van der Waals surface area contributed by atoms with E-state index in [2.05, 4.69) is 10.3 Å². The quantitative estimate of drug-likeness (QED) is 0.827. The van der Waals surface area contributed by atoms with Crippen molar-refractivity contribution in [2.24, 2.45) is 0 Å². The van der Waals surface area contributed by atoms with Crippen molar-refractivity contribution in [1.29, 1.82) is 0 Å². The minimum Gasteiger partial charge on any atom is -0.366 e. The van der Waals surface area contributed by atoms with E-state index in [4.69, 9.17) is 9.47 Å². The van der Waals surface area contributed by atoms with Gasteiger partial charge in [0.1, 0.15) is 5.82 Å². The topological polar surface area (TPSA) is 103 Å². The third kappa shape index (κ3) is 3.51. The molecule has 2 heterocycles. The Kier molecular flexibility index (Phi) is 4.33. The van der Waals surface area contributed by atoms with Crippen LogP contribution < -0.4 is 11.0 Å². The predicted octanol–water partition coefficient (Wildman–Crippen LogP) is 1.59. The highest BCUT2D eigenvalue weighted by atomic mass is 16.7. The van der Waals surface area contributed by atoms with Crippen molar-refractivity contribution in [2.75, 3.05) is 5.32 Å². The van der Waals surface area contributed by atoms with Crippen LogP contribution in [-0.4, -0.2) is 38.6 Å². The number of anilines is 1. The van der Waals surface area contributed by atoms with Gasteiger partial charge < -0.3 is 19.9 Å². The number of aliphatic hydroxyl groups is 1. The maximum absolute atomic E-state index is 12.5. The second-order valence-corrected chi connectivity index (χ2v) is 7.23. The Morgan fingerprint density at radius 3 is 2.70 bits per heavy atom. The monoisotopic (exact) mass is 371 g/mol. The molecule has 3 atom stereocenters. The number of hydrogen-bond acceptors (Lipinski definition) is 6. The van der Waals surface area contributed by atoms with Gasteiger partial charge in [-0.1, -0.05) is 18.2 Å². The molecule has 1 aromatic carbocycles. The molecule has 8 heteroatoms. The van der Waals surface area contributed by atoms with Crippen LogP contribution in [0, 0.1) is 6.92 Å². The van der Waals surface area contributed by atoms with E-state index < -0.39 is 24.3 Å². The molecule has 2 fully saturated rings. The fourth-order valence-electron chi connectivity index (χ4n) is 2.96. The number of aromatic nitrogens is 2. The fraction of sp³-hybridized carbons (Fsp3) is 0.421. The summed E-state index contributed by atoms with van der Waals surface area (Å²) in [5, 5.41) is 12.5. The summed E-state index contributed by atoms with van der Waals surface area (Å²) in [7, 11) is 0. The van der Waals surface area contributed by atoms with Crippen LogP contribution in [0.25, 0.3) is 0 Å². The van der Waals surface area contributed by atoms with E-state index in [9.17, 15) is 14.7 Å². The van der Waals surface area contributed by atoms with Gasteiger partial charge >= 0.3 is 5.69 Å². The molecule has 1 amide bonds. The molecule has 2 aliphatic rings. The molecule has 0 bridgehead atoms. The van der Waals surface area contributed by atoms with E-state index in [1.165, 1.54) is 4.57 Å². The van der Waals surface area contributed by atoms with E-state index in [0.717, 1.165) is 12.8 Å². The molecule has 1 saturated carbocycles. The first-order chi connectivity index (χ1) is 12.9. The molecule has 0 radical (unpaired) electrons. The van der Waals surface area contributed by atoms with E-state index in [1.54, 1.807) is 37.4 Å². The highest BCUT2D eigenvalue weighted by molar-refractivity contribution is 6.03. The van der Waals surface area contributed by atoms with Crippen LogP contribution in [0.15, 0.2) is 41.3 Å². The minimum atomic E-state index is -1.07. The second kappa shape index (κ2) is 6.56. The molecule has 4 rings (SSSR count). The molecule has 2 N–H and O–H groups in total. The molecule has 1 unspecified atom stereocenters. The number of carbonyl (C=O) groups is 1. The highest BCUT2D eigenvalue weighted by Crippen LogP contribution is 2.44. The van der Waals surface area contributed by atoms with Crippen LogP contribution in [0.3, 0.4) is 0 Å². The summed E-state index contributed by atoms with van der Waals surface area (Å²) in [4.78, 5) is 28.7. The van der Waals surface area contributed by atoms with Crippen LogP contribution in [0.4, 0.5) is 5.82 Å². The lowest BCUT2D eigenvalue weighted by molar-refractivity contribution is -0.355. The van der Waals surface area contributed by atoms with Gasteiger partial charge in [-0.2, -0.15) is 4.98 Å². The van der Waals surface area contributed by atoms with Gasteiger partial charge in [-0.15, -0.1) is 0 Å². The molecular formula is C19H21N3O5. The SMILES string of the molecule is Cc1cn([C@@H]2OC(O)[C@@H]2OC2(C)CC2)c(=O)nc1NC(=O)c1ccccc1. The van der Waals surface area contributed by atoms with Crippen LogP contribution in [0.2, 0.25) is 0 Å². The molecular weight excluding hydrogens is 350 g/mol. The Bertz CT molecular complexity index is 923. The maximum atomic E-state index is 12.5. The van der Waals surface area contributed by atoms with Crippen LogP contribution in [0.1, 0.15) is 41.9 Å². The fourth-order valence-corrected chi connectivity index (χ4v) is 2.96. The number of nitrogens with zero attached hydrogens (tertiary/aromatic N) is 2. The zero-order valence-electron chi connectivity index (χ0n) is 15.1. The average molecular weight is 371 g/mol. The van der Waals surface area contributed by atoms with Crippen molar-refractivity contribution >= 4 is 11.7 Å². The van der Waals surface area contributed by atoms with Gasteiger partial charge in [0.05, 0.1) is 5.60 Å². The van der Waals surface area contributed by atoms with Gasteiger partial charge in [0.25, 0.3) is 5.91 Å². The summed E-state index contributed by atoms with van der Waals surface area (Å²) < 4.78 is 12.5. The van der Waals surface area contributed by atoms with E-state index in [1.807, 2.05) is 13.0 Å². The summed E-state index contributed by atoms with van der Waals surface area (Å²) in [5.41, 5.74) is 0.221. The molecule has 1 aliphatic carbocycles. The predicted molar refractivity (Wildman–Crippen MR) is 96.3 cm³/mol. The number of amides is 1. The van der Waals surface area contributed by atoms with Crippen molar-refractivity contribution in [3.05, 3.63) is 58.1 Å². The second-order valence-electron chi connectivity index (χ2n) is 7.23. The Labute approximate surface area is 155 Å². The Morgan fingerprint density at radius 2 is 2.07 bits per heavy atom. The first-order valence-electron chi connectivity index (χ1n) is 8.84. The normalized spacial score (nSPS) is 25.5. The molecule has 27 heavy (non-hydrogen) atoms. The standard InChI is InChI=1S/C19H21N3O5/c1-11-10-22(16-13(17(24)26-16)27-19(2)8-9-19)18(25)21-14(11)20-15(23)12-6-4-3-5-7-12/h3-7,10,13,16-17,24H,8-9H2,1-2H3,(H,20,21,23,25)/t13-,16-,17?/m1/s1. The molecule has 8 nitrogen and oxygen atoms in total. The Balaban J connectivity index is 1.54. The average Bonchev–Trinajstić information content (AvgIpc) is 3.39. The van der Waals surface area contributed by atoms with Gasteiger partial charge in [0, 0.05) is 17.3 Å². The third-order valence-electron chi connectivity index (χ3n) is 4.89. The van der Waals surface area contributed by atoms with E-state index in [0.29, 0.717) is 11.1 Å². The molecule has 2 aromatic rings. The number of aryl methyl sites for hydroxylation is 1. The Hall–Kier alpha value is -2.55. The Morgan fingerprint density at radius 1 is 1.37 bits per heavy atom. The minimum absolute atomic E-state index is 0.191. The number of carbonyl (C=O) groups excluding carboxylic acids is 1. The maximum Gasteiger partial charge on any atom is 0.351 e. The van der Waals surface area contributed by atoms with Gasteiger partial charge in [0.2, 0.25) is 0 Å². The number of nitrogens with one attached hydrogen (secondary N) is 1. The van der Waals surface area contributed by atoms with E-state index in [-0.39, 0.29) is 17.3 Å². The lowest BCUT2D eigenvalue weighted by Gasteiger charge is -2.42. The summed E-state index contributed by atoms with van der Waals surface area (Å²) in [5.74, 6) is -0.155. The van der Waals surface area contributed by atoms with Gasteiger partial charge in [-0.3, -0.25) is 9.36 Å². The van der Waals surface area contributed by atoms with E-state index >= 15 is 0 Å². The zero-order valence-corrected chi connectivity index (χ0v) is 15.1. The summed E-state index contributed by atoms with van der Waals surface area (Å²) in [6.07, 6.45) is 0.949. The molecule has 1 aliphatic heterocycles. The number of benzene rings is 1. The highest BCUT2D eigenvalue weighted by Gasteiger charge is 2.51. The van der Waals surface area contributed by atoms with Crippen LogP contribution in [-0.2, 0) is 9.47 Å². The number of ether oxygens (including phenoxy) is 2. The number of hydrogen-bond donors (Lipinski definition) is 2. The van der Waals surface area contributed by atoms with Crippen LogP contribution in [0.5, 0.6) is 0 Å². The van der Waals surface area contributed by atoms with Gasteiger partial charge in [-0.05, 0) is 38.8 Å². The first-order valence-corrected chi connectivity index (χ1v) is 8.84. The van der Waals surface area contributed by atoms with Crippen LogP contribution >= 0.6 is 0 Å². The largest absolute Gasteiger partial charge is 0.366 e. The van der Waals surface area contributed by atoms with Gasteiger partial charge in [0.15, 0.2) is 18.6 Å². The number of aliphatic hydroxyl groups excluding tert-OH is 1. The molecule has 0 spiro atoms. The molecule has 1 aromatic heterocycles. The van der Waals surface area contributed by atoms with Crippen molar-refractivity contribution in [1.82, 2.24) is 9.55 Å². The lowest BCUT2D eigenvalue weighted by atomic mass is 10.2. The smallest absolute Gasteiger partial charge is 0.351 e. The van der Waals surface area contributed by atoms with Crippen molar-refractivity contribution < 1.29 is 19.4 Å². The zero-order chi connectivity index (χ0) is 19.2. The summed E-state index contributed by atoms with van der Waals surface area (Å²) >= 11 is 0. The van der Waals surface area contributed by atoms with Crippen molar-refractivity contribution in [2.45, 2.75) is 50.9 Å². The number of rotatable bonds is 5. The lowest BCUT2D eigenvalue weighted by Crippen LogP contribution is -2.55. The summed E-state index contributed by atoms with van der Waals surface area (Å²) in [6, 6.07) is 8.68.